The normalized spacial score (nSPS) is 22.8. The second kappa shape index (κ2) is 6.66. The van der Waals surface area contributed by atoms with Gasteiger partial charge in [-0.25, -0.2) is 23.4 Å². The first-order valence-corrected chi connectivity index (χ1v) is 10.4. The van der Waals surface area contributed by atoms with Gasteiger partial charge in [0, 0.05) is 45.1 Å². The smallest absolute Gasteiger partial charge is 0.244 e. The summed E-state index contributed by atoms with van der Waals surface area (Å²) in [5, 5.41) is 0.259. The van der Waals surface area contributed by atoms with Crippen LogP contribution in [0.5, 0.6) is 0 Å². The van der Waals surface area contributed by atoms with Crippen LogP contribution in [0.3, 0.4) is 0 Å². The van der Waals surface area contributed by atoms with E-state index in [4.69, 9.17) is 21.3 Å². The Morgan fingerprint density at radius 1 is 1.26 bits per heavy atom. The molecule has 0 N–H and O–H groups in total. The van der Waals surface area contributed by atoms with E-state index in [1.165, 1.54) is 22.6 Å². The predicted octanol–water partition coefficient (Wildman–Crippen LogP) is 1.45. The monoisotopic (exact) mass is 409 g/mol. The lowest BCUT2D eigenvalue weighted by Crippen LogP contribution is -2.42. The predicted molar refractivity (Wildman–Crippen MR) is 100 cm³/mol. The average molecular weight is 410 g/mol. The van der Waals surface area contributed by atoms with Crippen LogP contribution in [0.1, 0.15) is 17.7 Å². The van der Waals surface area contributed by atoms with Gasteiger partial charge in [-0.05, 0) is 18.6 Å². The number of fused-ring (bicyclic) bond motifs is 2. The number of aromatic nitrogens is 3. The third-order valence-electron chi connectivity index (χ3n) is 5.05. The number of rotatable bonds is 3. The van der Waals surface area contributed by atoms with Gasteiger partial charge in [0.25, 0.3) is 0 Å². The molecule has 1 spiro atoms. The molecular formula is C17H20ClN5O3S. The summed E-state index contributed by atoms with van der Waals surface area (Å²) < 4.78 is 33.3. The van der Waals surface area contributed by atoms with Crippen LogP contribution in [-0.4, -0.2) is 61.5 Å². The van der Waals surface area contributed by atoms with E-state index in [1.54, 1.807) is 6.20 Å². The van der Waals surface area contributed by atoms with Crippen LogP contribution in [0.2, 0.25) is 5.15 Å². The van der Waals surface area contributed by atoms with Crippen molar-refractivity contribution in [1.29, 1.82) is 0 Å². The van der Waals surface area contributed by atoms with Crippen LogP contribution < -0.4 is 4.90 Å². The Labute approximate surface area is 163 Å². The van der Waals surface area contributed by atoms with E-state index < -0.39 is 15.4 Å². The molecule has 1 fully saturated rings. The van der Waals surface area contributed by atoms with Gasteiger partial charge in [-0.3, -0.25) is 0 Å². The van der Waals surface area contributed by atoms with E-state index in [9.17, 15) is 8.42 Å². The largest absolute Gasteiger partial charge is 0.376 e. The lowest BCUT2D eigenvalue weighted by atomic mass is 9.81. The number of halogens is 1. The van der Waals surface area contributed by atoms with Gasteiger partial charge >= 0.3 is 0 Å². The lowest BCUT2D eigenvalue weighted by molar-refractivity contribution is 0.0531. The maximum absolute atomic E-state index is 13.0. The molecule has 2 aromatic heterocycles. The van der Waals surface area contributed by atoms with Crippen molar-refractivity contribution in [1.82, 2.24) is 19.3 Å². The van der Waals surface area contributed by atoms with Crippen molar-refractivity contribution < 1.29 is 13.2 Å². The maximum Gasteiger partial charge on any atom is 0.244 e. The lowest BCUT2D eigenvalue weighted by Gasteiger charge is -2.34. The molecule has 0 bridgehead atoms. The van der Waals surface area contributed by atoms with Crippen molar-refractivity contribution in [3.63, 3.8) is 0 Å². The van der Waals surface area contributed by atoms with Gasteiger partial charge in [0.1, 0.15) is 10.0 Å². The fraction of sp³-hybridized carbons (Fsp3) is 0.471. The van der Waals surface area contributed by atoms with Gasteiger partial charge in [-0.1, -0.05) is 11.6 Å². The molecule has 4 heterocycles. The zero-order valence-electron chi connectivity index (χ0n) is 15.1. The summed E-state index contributed by atoms with van der Waals surface area (Å²) in [7, 11) is 0.106. The number of ether oxygens (including phenoxy) is 1. The highest BCUT2D eigenvalue weighted by Crippen LogP contribution is 2.41. The number of pyridine rings is 1. The number of hydrogen-bond acceptors (Lipinski definition) is 7. The summed E-state index contributed by atoms with van der Waals surface area (Å²) in [5.41, 5.74) is 1.34. The molecular weight excluding hydrogens is 390 g/mol. The zero-order valence-corrected chi connectivity index (χ0v) is 16.7. The summed E-state index contributed by atoms with van der Waals surface area (Å²) in [6, 6.07) is 2.96. The van der Waals surface area contributed by atoms with Crippen LogP contribution in [0.15, 0.2) is 29.4 Å². The average Bonchev–Trinajstić information content (AvgIpc) is 3.08. The van der Waals surface area contributed by atoms with E-state index >= 15 is 0 Å². The highest BCUT2D eigenvalue weighted by atomic mass is 35.5. The first-order chi connectivity index (χ1) is 12.8. The van der Waals surface area contributed by atoms with Gasteiger partial charge in [-0.2, -0.15) is 4.31 Å². The van der Waals surface area contributed by atoms with Crippen molar-refractivity contribution in [2.75, 3.05) is 38.7 Å². The van der Waals surface area contributed by atoms with Gasteiger partial charge in [0.2, 0.25) is 16.0 Å². The van der Waals surface area contributed by atoms with Crippen molar-refractivity contribution in [3.8, 4) is 0 Å². The highest BCUT2D eigenvalue weighted by Gasteiger charge is 2.48. The second-order valence-corrected chi connectivity index (χ2v) is 9.44. The van der Waals surface area contributed by atoms with Crippen molar-refractivity contribution >= 4 is 27.6 Å². The maximum atomic E-state index is 13.0. The first-order valence-electron chi connectivity index (χ1n) is 8.55. The minimum Gasteiger partial charge on any atom is -0.376 e. The number of sulfonamides is 1. The van der Waals surface area contributed by atoms with Crippen molar-refractivity contribution in [3.05, 3.63) is 40.9 Å². The molecule has 2 aliphatic rings. The van der Waals surface area contributed by atoms with Crippen LogP contribution in [0, 0.1) is 0 Å². The molecule has 0 aromatic carbocycles. The summed E-state index contributed by atoms with van der Waals surface area (Å²) >= 11 is 5.78. The van der Waals surface area contributed by atoms with E-state index in [0.29, 0.717) is 38.7 Å². The van der Waals surface area contributed by atoms with Gasteiger partial charge in [0.05, 0.1) is 24.3 Å². The Bertz CT molecular complexity index is 967. The molecule has 2 aliphatic heterocycles. The van der Waals surface area contributed by atoms with E-state index in [-0.39, 0.29) is 10.0 Å². The van der Waals surface area contributed by atoms with Crippen LogP contribution in [-0.2, 0) is 26.8 Å². The second-order valence-electron chi connectivity index (χ2n) is 7.12. The van der Waals surface area contributed by atoms with Gasteiger partial charge in [-0.15, -0.1) is 0 Å². The van der Waals surface area contributed by atoms with E-state index in [0.717, 1.165) is 11.3 Å². The van der Waals surface area contributed by atoms with E-state index in [2.05, 4.69) is 9.97 Å². The van der Waals surface area contributed by atoms with Gasteiger partial charge < -0.3 is 9.64 Å². The Kier molecular flexibility index (Phi) is 4.58. The molecule has 1 saturated heterocycles. The van der Waals surface area contributed by atoms with Crippen LogP contribution >= 0.6 is 11.6 Å². The molecule has 144 valence electrons. The fourth-order valence-electron chi connectivity index (χ4n) is 3.62. The van der Waals surface area contributed by atoms with Crippen LogP contribution in [0.4, 0.5) is 5.95 Å². The Morgan fingerprint density at radius 3 is 2.78 bits per heavy atom. The molecule has 0 amide bonds. The molecule has 2 aromatic rings. The standard InChI is InChI=1S/C17H20ClN5O3S/c1-22(2)16-20-7-12-9-26-11-17(15(12)21-16)5-6-23(10-17)27(24,25)13-3-4-14(18)19-8-13/h3-4,7-8H,5-6,9-11H2,1-2H3/t17-/m1/s1. The topological polar surface area (TPSA) is 88.5 Å². The Hall–Kier alpha value is -1.81. The molecule has 0 radical (unpaired) electrons. The Balaban J connectivity index is 1.68. The van der Waals surface area contributed by atoms with Crippen molar-refractivity contribution in [2.24, 2.45) is 0 Å². The molecule has 10 heteroatoms. The Morgan fingerprint density at radius 2 is 2.07 bits per heavy atom. The quantitative estimate of drug-likeness (QED) is 0.709. The summed E-state index contributed by atoms with van der Waals surface area (Å²) in [5.74, 6) is 0.609. The molecule has 4 rings (SSSR count). The van der Waals surface area contributed by atoms with E-state index in [1.807, 2.05) is 19.0 Å². The first kappa shape index (κ1) is 18.5. The summed E-state index contributed by atoms with van der Waals surface area (Å²) in [4.78, 5) is 15.0. The van der Waals surface area contributed by atoms with Gasteiger partial charge in [0.15, 0.2) is 0 Å². The number of anilines is 1. The minimum absolute atomic E-state index is 0.137. The number of hydrogen-bond donors (Lipinski definition) is 0. The molecule has 0 saturated carbocycles. The minimum atomic E-state index is -3.66. The number of nitrogens with zero attached hydrogens (tertiary/aromatic N) is 5. The fourth-order valence-corrected chi connectivity index (χ4v) is 5.20. The summed E-state index contributed by atoms with van der Waals surface area (Å²) in [6.07, 6.45) is 3.71. The molecule has 8 nitrogen and oxygen atoms in total. The third-order valence-corrected chi connectivity index (χ3v) is 7.10. The highest BCUT2D eigenvalue weighted by molar-refractivity contribution is 7.89. The van der Waals surface area contributed by atoms with Crippen LogP contribution in [0.25, 0.3) is 0 Å². The molecule has 0 aliphatic carbocycles. The van der Waals surface area contributed by atoms with Crippen molar-refractivity contribution in [2.45, 2.75) is 23.3 Å². The molecule has 27 heavy (non-hydrogen) atoms. The molecule has 0 unspecified atom stereocenters. The SMILES string of the molecule is CN(C)c1ncc2c(n1)[C@@]1(CCN(S(=O)(=O)c3ccc(Cl)nc3)C1)COC2. The summed E-state index contributed by atoms with van der Waals surface area (Å²) in [6.45, 7) is 1.59. The molecule has 1 atom stereocenters. The third kappa shape index (κ3) is 3.18. The zero-order chi connectivity index (χ0) is 19.2.